The van der Waals surface area contributed by atoms with Gasteiger partial charge in [0.1, 0.15) is 0 Å². The second-order valence-corrected chi connectivity index (χ2v) is 6.16. The van der Waals surface area contributed by atoms with Crippen LogP contribution in [0.1, 0.15) is 33.1 Å². The summed E-state index contributed by atoms with van der Waals surface area (Å²) in [5.74, 6) is 0.813. The largest absolute Gasteiger partial charge is 0.218 e. The lowest BCUT2D eigenvalue weighted by atomic mass is 9.81. The third kappa shape index (κ3) is 2.23. The van der Waals surface area contributed by atoms with Crippen molar-refractivity contribution in [3.8, 4) is 0 Å². The lowest BCUT2D eigenvalue weighted by Gasteiger charge is -2.33. The highest BCUT2D eigenvalue weighted by atomic mass is 32.2. The van der Waals surface area contributed by atoms with Crippen LogP contribution in [0.4, 0.5) is 0 Å². The van der Waals surface area contributed by atoms with Crippen molar-refractivity contribution in [2.75, 3.05) is 7.05 Å². The van der Waals surface area contributed by atoms with Crippen molar-refractivity contribution in [1.82, 2.24) is 4.72 Å². The van der Waals surface area contributed by atoms with Gasteiger partial charge in [0.2, 0.25) is 10.0 Å². The predicted octanol–water partition coefficient (Wildman–Crippen LogP) is 1.36. The average Bonchev–Trinajstić information content (AvgIpc) is 2.09. The van der Waals surface area contributed by atoms with E-state index in [1.165, 1.54) is 7.05 Å². The second kappa shape index (κ2) is 3.96. The Morgan fingerprint density at radius 2 is 1.85 bits per heavy atom. The van der Waals surface area contributed by atoms with Crippen molar-refractivity contribution in [2.45, 2.75) is 38.4 Å². The molecule has 1 fully saturated rings. The normalized spacial score (nSPS) is 36.1. The summed E-state index contributed by atoms with van der Waals surface area (Å²) in [6, 6.07) is 0. The summed E-state index contributed by atoms with van der Waals surface area (Å²) in [5.41, 5.74) is 0. The molecular formula is C9H19NO2S. The molecule has 0 saturated heterocycles. The van der Waals surface area contributed by atoms with Crippen LogP contribution >= 0.6 is 0 Å². The molecule has 3 unspecified atom stereocenters. The molecule has 1 aliphatic carbocycles. The number of sulfonamides is 1. The first-order valence-corrected chi connectivity index (χ1v) is 6.46. The first kappa shape index (κ1) is 11.0. The monoisotopic (exact) mass is 205 g/mol. The van der Waals surface area contributed by atoms with Gasteiger partial charge in [-0.2, -0.15) is 0 Å². The van der Waals surface area contributed by atoms with E-state index in [4.69, 9.17) is 0 Å². The van der Waals surface area contributed by atoms with Crippen LogP contribution in [0.5, 0.6) is 0 Å². The topological polar surface area (TPSA) is 46.2 Å². The molecule has 1 rings (SSSR count). The van der Waals surface area contributed by atoms with Crippen LogP contribution < -0.4 is 4.72 Å². The lowest BCUT2D eigenvalue weighted by molar-refractivity contribution is 0.277. The molecule has 78 valence electrons. The summed E-state index contributed by atoms with van der Waals surface area (Å²) < 4.78 is 25.6. The Morgan fingerprint density at radius 1 is 1.23 bits per heavy atom. The van der Waals surface area contributed by atoms with E-state index in [0.29, 0.717) is 5.92 Å². The van der Waals surface area contributed by atoms with Crippen molar-refractivity contribution in [3.63, 3.8) is 0 Å². The smallest absolute Gasteiger partial charge is 0.214 e. The van der Waals surface area contributed by atoms with Crippen LogP contribution in [-0.2, 0) is 10.0 Å². The van der Waals surface area contributed by atoms with Crippen LogP contribution in [0.2, 0.25) is 0 Å². The quantitative estimate of drug-likeness (QED) is 0.740. The van der Waals surface area contributed by atoms with Crippen LogP contribution in [0.3, 0.4) is 0 Å². The minimum atomic E-state index is -3.05. The van der Waals surface area contributed by atoms with Crippen LogP contribution in [-0.4, -0.2) is 20.7 Å². The molecule has 13 heavy (non-hydrogen) atoms. The molecule has 0 aliphatic heterocycles. The van der Waals surface area contributed by atoms with E-state index < -0.39 is 10.0 Å². The molecule has 1 saturated carbocycles. The van der Waals surface area contributed by atoms with Gasteiger partial charge in [0.05, 0.1) is 5.25 Å². The van der Waals surface area contributed by atoms with Crippen molar-refractivity contribution in [1.29, 1.82) is 0 Å². The highest BCUT2D eigenvalue weighted by Crippen LogP contribution is 2.33. The van der Waals surface area contributed by atoms with Gasteiger partial charge in [-0.25, -0.2) is 13.1 Å². The second-order valence-electron chi connectivity index (χ2n) is 4.05. The Bertz CT molecular complexity index is 261. The van der Waals surface area contributed by atoms with E-state index in [-0.39, 0.29) is 11.2 Å². The summed E-state index contributed by atoms with van der Waals surface area (Å²) >= 11 is 0. The molecule has 0 spiro atoms. The van der Waals surface area contributed by atoms with Gasteiger partial charge in [0.15, 0.2) is 0 Å². The Morgan fingerprint density at radius 3 is 2.38 bits per heavy atom. The molecule has 4 heteroatoms. The zero-order chi connectivity index (χ0) is 10.1. The molecule has 1 aliphatic rings. The fourth-order valence-electron chi connectivity index (χ4n) is 2.12. The summed E-state index contributed by atoms with van der Waals surface area (Å²) in [6.45, 7) is 4.19. The molecular weight excluding hydrogens is 186 g/mol. The van der Waals surface area contributed by atoms with Gasteiger partial charge in [0.25, 0.3) is 0 Å². The third-order valence-electron chi connectivity index (χ3n) is 3.32. The van der Waals surface area contributed by atoms with E-state index in [1.807, 2.05) is 6.92 Å². The molecule has 3 nitrogen and oxygen atoms in total. The average molecular weight is 205 g/mol. The Balaban J connectivity index is 2.80. The summed E-state index contributed by atoms with van der Waals surface area (Å²) in [7, 11) is -1.55. The molecule has 0 heterocycles. The summed E-state index contributed by atoms with van der Waals surface area (Å²) in [4.78, 5) is 0. The Hall–Kier alpha value is -0.0900. The summed E-state index contributed by atoms with van der Waals surface area (Å²) in [6.07, 6.45) is 3.02. The first-order chi connectivity index (χ1) is 5.99. The Labute approximate surface area is 81.0 Å². The fraction of sp³-hybridized carbons (Fsp3) is 1.00. The van der Waals surface area contributed by atoms with Crippen molar-refractivity contribution < 1.29 is 8.42 Å². The highest BCUT2D eigenvalue weighted by molar-refractivity contribution is 7.90. The molecule has 0 aromatic rings. The van der Waals surface area contributed by atoms with E-state index in [1.54, 1.807) is 0 Å². The van der Waals surface area contributed by atoms with E-state index in [0.717, 1.165) is 19.3 Å². The van der Waals surface area contributed by atoms with Gasteiger partial charge in [-0.1, -0.05) is 26.7 Å². The maximum atomic E-state index is 11.6. The minimum absolute atomic E-state index is 0.179. The maximum Gasteiger partial charge on any atom is 0.214 e. The number of hydrogen-bond donors (Lipinski definition) is 1. The van der Waals surface area contributed by atoms with Gasteiger partial charge in [-0.05, 0) is 25.3 Å². The van der Waals surface area contributed by atoms with Gasteiger partial charge in [-0.3, -0.25) is 0 Å². The van der Waals surface area contributed by atoms with Gasteiger partial charge in [-0.15, -0.1) is 0 Å². The zero-order valence-electron chi connectivity index (χ0n) is 8.58. The minimum Gasteiger partial charge on any atom is -0.218 e. The van der Waals surface area contributed by atoms with E-state index >= 15 is 0 Å². The zero-order valence-corrected chi connectivity index (χ0v) is 9.39. The number of rotatable bonds is 2. The molecule has 0 amide bonds. The van der Waals surface area contributed by atoms with Crippen LogP contribution in [0.25, 0.3) is 0 Å². The van der Waals surface area contributed by atoms with Crippen molar-refractivity contribution in [2.24, 2.45) is 11.8 Å². The SMILES string of the molecule is CNS(=O)(=O)C1CCCC(C)C1C. The lowest BCUT2D eigenvalue weighted by Crippen LogP contribution is -2.40. The third-order valence-corrected chi connectivity index (χ3v) is 5.35. The molecule has 0 aromatic carbocycles. The molecule has 3 atom stereocenters. The summed E-state index contributed by atoms with van der Waals surface area (Å²) in [5, 5.41) is -0.179. The first-order valence-electron chi connectivity index (χ1n) is 4.91. The molecule has 0 aromatic heterocycles. The van der Waals surface area contributed by atoms with Crippen molar-refractivity contribution >= 4 is 10.0 Å². The van der Waals surface area contributed by atoms with Crippen LogP contribution in [0, 0.1) is 11.8 Å². The highest BCUT2D eigenvalue weighted by Gasteiger charge is 2.35. The van der Waals surface area contributed by atoms with Gasteiger partial charge < -0.3 is 0 Å². The van der Waals surface area contributed by atoms with Gasteiger partial charge >= 0.3 is 0 Å². The van der Waals surface area contributed by atoms with Crippen LogP contribution in [0.15, 0.2) is 0 Å². The maximum absolute atomic E-state index is 11.6. The van der Waals surface area contributed by atoms with E-state index in [2.05, 4.69) is 11.6 Å². The predicted molar refractivity (Wildman–Crippen MR) is 53.9 cm³/mol. The number of nitrogens with one attached hydrogen (secondary N) is 1. The molecule has 1 N–H and O–H groups in total. The number of hydrogen-bond acceptors (Lipinski definition) is 2. The fourth-order valence-corrected chi connectivity index (χ4v) is 3.74. The van der Waals surface area contributed by atoms with E-state index in [9.17, 15) is 8.42 Å². The standard InChI is InChI=1S/C9H19NO2S/c1-7-5-4-6-9(8(7)2)13(11,12)10-3/h7-10H,4-6H2,1-3H3. The molecule has 0 bridgehead atoms. The van der Waals surface area contributed by atoms with Gasteiger partial charge in [0, 0.05) is 0 Å². The Kier molecular flexibility index (Phi) is 3.35. The van der Waals surface area contributed by atoms with Crippen molar-refractivity contribution in [3.05, 3.63) is 0 Å². The molecule has 0 radical (unpaired) electrons.